The zero-order valence-corrected chi connectivity index (χ0v) is 11.1. The van der Waals surface area contributed by atoms with Crippen LogP contribution in [0.2, 0.25) is 0 Å². The molecule has 0 unspecified atom stereocenters. The summed E-state index contributed by atoms with van der Waals surface area (Å²) < 4.78 is 18.3. The largest absolute Gasteiger partial charge is 0.497 e. The average molecular weight is 267 g/mol. The standard InChI is InChI=1S/C17H14FNO/c1-20-15-6-4-11-8-13(3-2-12(11)9-15)16-7-5-14(18)10-17(16)19/h2-10H,19H2,1H3. The number of nitrogen functional groups attached to an aromatic ring is 1. The van der Waals surface area contributed by atoms with Gasteiger partial charge in [0.15, 0.2) is 0 Å². The first-order valence-corrected chi connectivity index (χ1v) is 6.30. The Hall–Kier alpha value is -2.55. The third kappa shape index (κ3) is 2.18. The number of ether oxygens (including phenoxy) is 1. The van der Waals surface area contributed by atoms with Crippen molar-refractivity contribution in [3.05, 3.63) is 60.4 Å². The van der Waals surface area contributed by atoms with Crippen LogP contribution in [0.1, 0.15) is 0 Å². The topological polar surface area (TPSA) is 35.2 Å². The molecule has 3 rings (SSSR count). The highest BCUT2D eigenvalue weighted by Crippen LogP contribution is 2.30. The minimum absolute atomic E-state index is 0.322. The van der Waals surface area contributed by atoms with E-state index in [1.165, 1.54) is 12.1 Å². The van der Waals surface area contributed by atoms with Crippen LogP contribution in [0.5, 0.6) is 5.75 Å². The first-order chi connectivity index (χ1) is 9.67. The molecule has 0 saturated heterocycles. The van der Waals surface area contributed by atoms with Gasteiger partial charge in [-0.1, -0.05) is 18.2 Å². The highest BCUT2D eigenvalue weighted by Gasteiger charge is 2.05. The van der Waals surface area contributed by atoms with Gasteiger partial charge in [0, 0.05) is 11.3 Å². The van der Waals surface area contributed by atoms with Gasteiger partial charge in [0.1, 0.15) is 11.6 Å². The zero-order chi connectivity index (χ0) is 14.1. The Morgan fingerprint density at radius 1 is 0.900 bits per heavy atom. The van der Waals surface area contributed by atoms with E-state index in [9.17, 15) is 4.39 Å². The molecule has 0 aliphatic heterocycles. The lowest BCUT2D eigenvalue weighted by Gasteiger charge is -2.08. The molecule has 0 radical (unpaired) electrons. The summed E-state index contributed by atoms with van der Waals surface area (Å²) in [7, 11) is 1.65. The quantitative estimate of drug-likeness (QED) is 0.705. The molecule has 0 aliphatic rings. The van der Waals surface area contributed by atoms with Crippen molar-refractivity contribution in [2.75, 3.05) is 12.8 Å². The highest BCUT2D eigenvalue weighted by atomic mass is 19.1. The molecule has 2 nitrogen and oxygen atoms in total. The Labute approximate surface area is 116 Å². The minimum Gasteiger partial charge on any atom is -0.497 e. The van der Waals surface area contributed by atoms with Crippen LogP contribution in [0.4, 0.5) is 10.1 Å². The van der Waals surface area contributed by atoms with Gasteiger partial charge in [0.25, 0.3) is 0 Å². The summed E-state index contributed by atoms with van der Waals surface area (Å²) in [5.41, 5.74) is 8.14. The number of halogens is 1. The molecule has 0 bridgehead atoms. The first kappa shape index (κ1) is 12.5. The molecule has 2 N–H and O–H groups in total. The third-order valence-corrected chi connectivity index (χ3v) is 3.37. The van der Waals surface area contributed by atoms with Crippen LogP contribution in [0.25, 0.3) is 21.9 Å². The van der Waals surface area contributed by atoms with Crippen molar-refractivity contribution in [1.82, 2.24) is 0 Å². The molecule has 100 valence electrons. The number of benzene rings is 3. The predicted molar refractivity (Wildman–Crippen MR) is 80.3 cm³/mol. The van der Waals surface area contributed by atoms with Gasteiger partial charge in [-0.2, -0.15) is 0 Å². The van der Waals surface area contributed by atoms with E-state index in [-0.39, 0.29) is 5.82 Å². The van der Waals surface area contributed by atoms with E-state index in [1.54, 1.807) is 13.2 Å². The van der Waals surface area contributed by atoms with Crippen LogP contribution < -0.4 is 10.5 Å². The van der Waals surface area contributed by atoms with Crippen molar-refractivity contribution in [2.24, 2.45) is 0 Å². The van der Waals surface area contributed by atoms with Gasteiger partial charge < -0.3 is 10.5 Å². The van der Waals surface area contributed by atoms with Crippen LogP contribution >= 0.6 is 0 Å². The number of nitrogens with two attached hydrogens (primary N) is 1. The molecule has 0 amide bonds. The van der Waals surface area contributed by atoms with Gasteiger partial charge in [-0.15, -0.1) is 0 Å². The van der Waals surface area contributed by atoms with Crippen molar-refractivity contribution in [2.45, 2.75) is 0 Å². The molecule has 3 aromatic carbocycles. The maximum atomic E-state index is 13.1. The Bertz CT molecular complexity index is 783. The Morgan fingerprint density at radius 2 is 1.65 bits per heavy atom. The molecular formula is C17H14FNO. The van der Waals surface area contributed by atoms with Gasteiger partial charge in [0.05, 0.1) is 7.11 Å². The lowest BCUT2D eigenvalue weighted by atomic mass is 10.00. The lowest BCUT2D eigenvalue weighted by Crippen LogP contribution is -1.91. The van der Waals surface area contributed by atoms with E-state index in [0.717, 1.165) is 27.6 Å². The van der Waals surface area contributed by atoms with Crippen molar-refractivity contribution < 1.29 is 9.13 Å². The lowest BCUT2D eigenvalue weighted by molar-refractivity contribution is 0.415. The summed E-state index contributed by atoms with van der Waals surface area (Å²) in [6.07, 6.45) is 0. The maximum absolute atomic E-state index is 13.1. The summed E-state index contributed by atoms with van der Waals surface area (Å²) in [6, 6.07) is 16.4. The van der Waals surface area contributed by atoms with Crippen LogP contribution in [-0.2, 0) is 0 Å². The summed E-state index contributed by atoms with van der Waals surface area (Å²) in [4.78, 5) is 0. The van der Waals surface area contributed by atoms with Gasteiger partial charge >= 0.3 is 0 Å². The van der Waals surface area contributed by atoms with Crippen molar-refractivity contribution in [3.63, 3.8) is 0 Å². The molecule has 0 aliphatic carbocycles. The smallest absolute Gasteiger partial charge is 0.125 e. The summed E-state index contributed by atoms with van der Waals surface area (Å²) in [5.74, 6) is 0.503. The van der Waals surface area contributed by atoms with E-state index in [4.69, 9.17) is 10.5 Å². The summed E-state index contributed by atoms with van der Waals surface area (Å²) >= 11 is 0. The normalized spacial score (nSPS) is 10.7. The van der Waals surface area contributed by atoms with E-state index in [0.29, 0.717) is 5.69 Å². The Balaban J connectivity index is 2.13. The number of rotatable bonds is 2. The number of anilines is 1. The second kappa shape index (κ2) is 4.85. The van der Waals surface area contributed by atoms with Crippen LogP contribution in [0.15, 0.2) is 54.6 Å². The minimum atomic E-state index is -0.322. The van der Waals surface area contributed by atoms with E-state index >= 15 is 0 Å². The number of hydrogen-bond donors (Lipinski definition) is 1. The molecule has 3 aromatic rings. The molecule has 0 saturated carbocycles. The fraction of sp³-hybridized carbons (Fsp3) is 0.0588. The average Bonchev–Trinajstić information content (AvgIpc) is 2.46. The number of hydrogen-bond acceptors (Lipinski definition) is 2. The number of fused-ring (bicyclic) bond motifs is 1. The molecule has 0 fully saturated rings. The highest BCUT2D eigenvalue weighted by molar-refractivity contribution is 5.90. The van der Waals surface area contributed by atoms with Crippen LogP contribution in [-0.4, -0.2) is 7.11 Å². The van der Waals surface area contributed by atoms with E-state index in [2.05, 4.69) is 0 Å². The second-order valence-corrected chi connectivity index (χ2v) is 4.66. The van der Waals surface area contributed by atoms with Crippen LogP contribution in [0, 0.1) is 5.82 Å². The SMILES string of the molecule is COc1ccc2cc(-c3ccc(F)cc3N)ccc2c1. The Morgan fingerprint density at radius 3 is 2.40 bits per heavy atom. The molecule has 0 atom stereocenters. The monoisotopic (exact) mass is 267 g/mol. The third-order valence-electron chi connectivity index (χ3n) is 3.37. The van der Waals surface area contributed by atoms with Crippen molar-refractivity contribution in [3.8, 4) is 16.9 Å². The van der Waals surface area contributed by atoms with Gasteiger partial charge in [-0.05, 0) is 52.7 Å². The molecule has 0 aromatic heterocycles. The Kier molecular flexibility index (Phi) is 3.03. The van der Waals surface area contributed by atoms with Gasteiger partial charge in [-0.3, -0.25) is 0 Å². The number of methoxy groups -OCH3 is 1. The second-order valence-electron chi connectivity index (χ2n) is 4.66. The van der Waals surface area contributed by atoms with Gasteiger partial charge in [-0.25, -0.2) is 4.39 Å². The van der Waals surface area contributed by atoms with Gasteiger partial charge in [0.2, 0.25) is 0 Å². The molecule has 0 spiro atoms. The zero-order valence-electron chi connectivity index (χ0n) is 11.1. The van der Waals surface area contributed by atoms with E-state index < -0.39 is 0 Å². The van der Waals surface area contributed by atoms with Crippen molar-refractivity contribution in [1.29, 1.82) is 0 Å². The molecule has 0 heterocycles. The molecule has 3 heteroatoms. The summed E-state index contributed by atoms with van der Waals surface area (Å²) in [5, 5.41) is 2.18. The maximum Gasteiger partial charge on any atom is 0.125 e. The van der Waals surface area contributed by atoms with Crippen LogP contribution in [0.3, 0.4) is 0 Å². The fourth-order valence-corrected chi connectivity index (χ4v) is 2.31. The molecular weight excluding hydrogens is 253 g/mol. The first-order valence-electron chi connectivity index (χ1n) is 6.30. The van der Waals surface area contributed by atoms with Crippen molar-refractivity contribution >= 4 is 16.5 Å². The fourth-order valence-electron chi connectivity index (χ4n) is 2.31. The molecule has 20 heavy (non-hydrogen) atoms. The van der Waals surface area contributed by atoms with E-state index in [1.807, 2.05) is 36.4 Å². The predicted octanol–water partition coefficient (Wildman–Crippen LogP) is 4.24. The summed E-state index contributed by atoms with van der Waals surface area (Å²) in [6.45, 7) is 0.